The van der Waals surface area contributed by atoms with Crippen LogP contribution in [0, 0.1) is 9.93 Å². The number of aliphatic hydroxyl groups is 1. The van der Waals surface area contributed by atoms with Crippen molar-refractivity contribution in [2.24, 2.45) is 0 Å². The van der Waals surface area contributed by atoms with E-state index < -0.39 is 23.9 Å². The van der Waals surface area contributed by atoms with E-state index in [1.54, 1.807) is 6.07 Å². The molecule has 4 aromatic rings. The number of hydrogen-bond donors (Lipinski definition) is 5. The molecule has 0 aliphatic heterocycles. The van der Waals surface area contributed by atoms with Gasteiger partial charge in [-0.3, -0.25) is 14.4 Å². The average Bonchev–Trinajstić information content (AvgIpc) is 3.80. The third-order valence-corrected chi connectivity index (χ3v) is 3.89. The van der Waals surface area contributed by atoms with E-state index in [2.05, 4.69) is 13.3 Å². The monoisotopic (exact) mass is 660 g/mol. The van der Waals surface area contributed by atoms with Gasteiger partial charge in [0, 0.05) is 9.93 Å². The predicted molar refractivity (Wildman–Crippen MR) is 155 cm³/mol. The van der Waals surface area contributed by atoms with Crippen LogP contribution >= 0.6 is 0 Å². The predicted octanol–water partition coefficient (Wildman–Crippen LogP) is 3.99. The van der Waals surface area contributed by atoms with E-state index in [1.165, 1.54) is 30.3 Å². The number of hydrogen-bond acceptors (Lipinski definition) is 14. The smallest absolute Gasteiger partial charge is 0.371 e. The Balaban J connectivity index is -0.000000155. The molecule has 4 aromatic heterocycles. The van der Waals surface area contributed by atoms with Crippen LogP contribution in [0.25, 0.3) is 0 Å². The van der Waals surface area contributed by atoms with E-state index in [9.17, 15) is 33.6 Å². The van der Waals surface area contributed by atoms with Crippen molar-refractivity contribution in [3.63, 3.8) is 0 Å². The Hall–Kier alpha value is -6.47. The van der Waals surface area contributed by atoms with E-state index >= 15 is 0 Å². The van der Waals surface area contributed by atoms with Crippen LogP contribution in [-0.2, 0) is 6.61 Å². The molecule has 0 fully saturated rings. The molecule has 4 rings (SSSR count). The molecular weight excluding hydrogens is 628 g/mol. The Bertz CT molecular complexity index is 1400. The molecule has 46 heavy (non-hydrogen) atoms. The Morgan fingerprint density at radius 2 is 0.761 bits per heavy atom. The molecule has 4 heterocycles. The maximum absolute atomic E-state index is 10.2. The lowest BCUT2D eigenvalue weighted by molar-refractivity contribution is 0.0623. The second-order valence-corrected chi connectivity index (χ2v) is 6.60. The molecule has 0 atom stereocenters. The maximum atomic E-state index is 10.2. The highest BCUT2D eigenvalue weighted by molar-refractivity contribution is 5.89. The van der Waals surface area contributed by atoms with Crippen LogP contribution in [0.3, 0.4) is 0 Å². The molecule has 0 aliphatic rings. The zero-order valence-corrected chi connectivity index (χ0v) is 21.1. The summed E-state index contributed by atoms with van der Waals surface area (Å²) in [4.78, 5) is 84.4. The third-order valence-electron chi connectivity index (χ3n) is 3.89. The summed E-state index contributed by atoms with van der Waals surface area (Å²) in [5.74, 6) is -5.38. The summed E-state index contributed by atoms with van der Waals surface area (Å²) in [6.45, 7) is -0.159. The van der Waals surface area contributed by atoms with Gasteiger partial charge >= 0.3 is 23.9 Å². The van der Waals surface area contributed by atoms with Gasteiger partial charge in [-0.25, -0.2) is 19.2 Å². The molecule has 0 radical (unpaired) electrons. The molecular formula is C27H32O19. The first-order valence-electron chi connectivity index (χ1n) is 10.4. The second-order valence-electron chi connectivity index (χ2n) is 6.60. The van der Waals surface area contributed by atoms with Gasteiger partial charge in [0.15, 0.2) is 36.1 Å². The van der Waals surface area contributed by atoms with Crippen molar-refractivity contribution in [1.82, 2.24) is 0 Å². The minimum absolute atomic E-state index is 0. The topological polar surface area (TPSA) is 339 Å². The van der Waals surface area contributed by atoms with Crippen molar-refractivity contribution >= 4 is 42.7 Å². The highest BCUT2D eigenvalue weighted by Crippen LogP contribution is 2.07. The molecule has 0 amide bonds. The van der Waals surface area contributed by atoms with Crippen molar-refractivity contribution < 1.29 is 82.2 Å². The number of carboxylic acids is 4. The Morgan fingerprint density at radius 3 is 0.935 bits per heavy atom. The summed E-state index contributed by atoms with van der Waals surface area (Å²) < 4.78 is 18.2. The lowest BCUT2D eigenvalue weighted by atomic mass is 10.4. The molecule has 254 valence electrons. The number of carboxylic acid groups (broad SMARTS) is 4. The van der Waals surface area contributed by atoms with Crippen molar-refractivity contribution in [2.75, 3.05) is 0 Å². The quantitative estimate of drug-likeness (QED) is 0.167. The highest BCUT2D eigenvalue weighted by Gasteiger charge is 2.13. The van der Waals surface area contributed by atoms with Crippen molar-refractivity contribution in [2.45, 2.75) is 28.9 Å². The molecule has 19 nitrogen and oxygen atoms in total. The SMILES string of the molecule is C.C.C.O.O=C(O)c1ccc(C(=O)O)o1.O=Cc1ccc(C(=O)O)o1.O=Cc1ccc(C(=O)O)o1.O=Cc1ccc(CO)o1.O=O. The average molecular weight is 661 g/mol. The van der Waals surface area contributed by atoms with Gasteiger partial charge in [0.2, 0.25) is 23.0 Å². The van der Waals surface area contributed by atoms with Crippen molar-refractivity contribution in [3.8, 4) is 0 Å². The number of furan rings is 4. The molecule has 0 saturated heterocycles. The number of carbonyl (C=O) groups excluding carboxylic acids is 3. The molecule has 0 unspecified atom stereocenters. The van der Waals surface area contributed by atoms with Crippen molar-refractivity contribution in [3.05, 3.63) is 105 Å². The van der Waals surface area contributed by atoms with Gasteiger partial charge in [-0.15, -0.1) is 0 Å². The standard InChI is InChI=1S/C6H4O5.2C6H4O4.C6H6O3.3CH4.O2.H2O/c7-5(8)3-1-2-4(11-3)6(9)10;2*7-3-4-1-2-5(10-4)6(8)9;7-3-5-1-2-6(4-8)9-5;;;;1-2;/h1-2H,(H,7,8)(H,9,10);2*1-3H,(H,8,9);1-3,8H,4H2;3*1H4;;1H2. The molecule has 7 N–H and O–H groups in total. The second kappa shape index (κ2) is 26.2. The number of aldehydes is 3. The van der Waals surface area contributed by atoms with E-state index in [0.717, 1.165) is 12.1 Å². The highest BCUT2D eigenvalue weighted by atomic mass is 16.7. The van der Waals surface area contributed by atoms with E-state index in [-0.39, 0.29) is 74.7 Å². The number of rotatable bonds is 8. The lowest BCUT2D eigenvalue weighted by Crippen LogP contribution is -1.94. The van der Waals surface area contributed by atoms with Crippen LogP contribution < -0.4 is 0 Å². The minimum Gasteiger partial charge on any atom is -0.475 e. The first kappa shape index (κ1) is 49.2. The maximum Gasteiger partial charge on any atom is 0.371 e. The van der Waals surface area contributed by atoms with Crippen LogP contribution in [0.2, 0.25) is 0 Å². The molecule has 0 aromatic carbocycles. The normalized spacial score (nSPS) is 8.20. The van der Waals surface area contributed by atoms with Gasteiger partial charge in [-0.2, -0.15) is 0 Å². The Kier molecular flexibility index (Phi) is 28.0. The fourth-order valence-electron chi connectivity index (χ4n) is 2.17. The van der Waals surface area contributed by atoms with Crippen LogP contribution in [0.1, 0.15) is 102 Å². The Morgan fingerprint density at radius 1 is 0.500 bits per heavy atom. The summed E-state index contributed by atoms with van der Waals surface area (Å²) in [6.07, 6.45) is 1.50. The number of carbonyl (C=O) groups is 7. The molecule has 0 spiro atoms. The first-order chi connectivity index (χ1) is 19.9. The van der Waals surface area contributed by atoms with E-state index in [0.29, 0.717) is 24.6 Å². The summed E-state index contributed by atoms with van der Waals surface area (Å²) in [5, 5.41) is 41.6. The third kappa shape index (κ3) is 17.5. The number of aliphatic hydroxyl groups excluding tert-OH is 1. The van der Waals surface area contributed by atoms with Gasteiger partial charge in [0.1, 0.15) is 12.4 Å². The van der Waals surface area contributed by atoms with E-state index in [4.69, 9.17) is 39.9 Å². The fourth-order valence-corrected chi connectivity index (χ4v) is 2.17. The zero-order chi connectivity index (χ0) is 32.2. The van der Waals surface area contributed by atoms with Gasteiger partial charge in [0.05, 0.1) is 0 Å². The van der Waals surface area contributed by atoms with Crippen LogP contribution in [0.4, 0.5) is 0 Å². The first-order valence-corrected chi connectivity index (χ1v) is 10.4. The minimum atomic E-state index is -1.28. The van der Waals surface area contributed by atoms with Crippen molar-refractivity contribution in [1.29, 1.82) is 0 Å². The zero-order valence-electron chi connectivity index (χ0n) is 21.1. The Labute approximate surface area is 258 Å². The van der Waals surface area contributed by atoms with Crippen LogP contribution in [0.5, 0.6) is 0 Å². The summed E-state index contributed by atoms with van der Waals surface area (Å²) in [7, 11) is 0. The summed E-state index contributed by atoms with van der Waals surface area (Å²) >= 11 is 0. The van der Waals surface area contributed by atoms with Gasteiger partial charge < -0.3 is 48.7 Å². The molecule has 19 heteroatoms. The summed E-state index contributed by atoms with van der Waals surface area (Å²) in [5.41, 5.74) is 0. The lowest BCUT2D eigenvalue weighted by Gasteiger charge is -1.84. The van der Waals surface area contributed by atoms with E-state index in [1.807, 2.05) is 0 Å². The van der Waals surface area contributed by atoms with Gasteiger partial charge in [0.25, 0.3) is 0 Å². The fraction of sp³-hybridized carbons (Fsp3) is 0.148. The largest absolute Gasteiger partial charge is 0.475 e. The molecule has 0 aliphatic carbocycles. The molecule has 0 bridgehead atoms. The molecule has 0 saturated carbocycles. The van der Waals surface area contributed by atoms with Crippen LogP contribution in [-0.4, -0.2) is 73.7 Å². The van der Waals surface area contributed by atoms with Gasteiger partial charge in [-0.05, 0) is 48.5 Å². The van der Waals surface area contributed by atoms with Crippen LogP contribution in [0.15, 0.2) is 66.2 Å². The summed E-state index contributed by atoms with van der Waals surface area (Å²) in [6, 6.07) is 10.3. The number of aromatic carboxylic acids is 4. The van der Waals surface area contributed by atoms with Gasteiger partial charge in [-0.1, -0.05) is 22.3 Å².